The predicted molar refractivity (Wildman–Crippen MR) is 67.9 cm³/mol. The molecule has 0 atom stereocenters. The number of hydrogen-bond donors (Lipinski definition) is 0. The van der Waals surface area contributed by atoms with Crippen molar-refractivity contribution in [1.82, 2.24) is 0 Å². The van der Waals surface area contributed by atoms with Crippen LogP contribution < -0.4 is 4.90 Å². The molecule has 0 aliphatic carbocycles. The first-order valence-electron chi connectivity index (χ1n) is 5.39. The van der Waals surface area contributed by atoms with Crippen LogP contribution in [-0.2, 0) is 14.3 Å². The Morgan fingerprint density at radius 3 is 2.67 bits per heavy atom. The molecule has 0 bridgehead atoms. The number of benzene rings is 1. The lowest BCUT2D eigenvalue weighted by Crippen LogP contribution is -2.49. The van der Waals surface area contributed by atoms with Gasteiger partial charge in [0.2, 0.25) is 0 Å². The molecule has 1 aromatic rings. The molecule has 2 rings (SSSR count). The van der Waals surface area contributed by atoms with Gasteiger partial charge >= 0.3 is 0 Å². The van der Waals surface area contributed by atoms with E-state index in [0.29, 0.717) is 23.8 Å². The van der Waals surface area contributed by atoms with Crippen molar-refractivity contribution in [2.45, 2.75) is 0 Å². The molecule has 1 saturated heterocycles. The highest BCUT2D eigenvalue weighted by molar-refractivity contribution is 7.86. The maximum absolute atomic E-state index is 13.1. The zero-order valence-corrected chi connectivity index (χ0v) is 11.3. The van der Waals surface area contributed by atoms with E-state index in [-0.39, 0.29) is 11.7 Å². The summed E-state index contributed by atoms with van der Waals surface area (Å²) in [5.74, 6) is -0.397. The van der Waals surface area contributed by atoms with Crippen molar-refractivity contribution in [3.63, 3.8) is 0 Å². The summed E-state index contributed by atoms with van der Waals surface area (Å²) in [5.41, 5.74) is 0.672. The number of nitrogens with zero attached hydrogens (tertiary/aromatic N) is 1. The predicted octanol–water partition coefficient (Wildman–Crippen LogP) is 1.89. The molecule has 0 spiro atoms. The molecule has 0 unspecified atom stereocenters. The largest absolute Gasteiger partial charge is 0.371 e. The van der Waals surface area contributed by atoms with Crippen molar-refractivity contribution in [2.75, 3.05) is 30.9 Å². The smallest absolute Gasteiger partial charge is 0.267 e. The van der Waals surface area contributed by atoms with Crippen LogP contribution in [0.25, 0.3) is 0 Å². The minimum absolute atomic E-state index is 0.0109. The third-order valence-corrected chi connectivity index (χ3v) is 4.47. The van der Waals surface area contributed by atoms with Crippen molar-refractivity contribution in [3.8, 4) is 0 Å². The first-order valence-corrected chi connectivity index (χ1v) is 7.34. The van der Waals surface area contributed by atoms with E-state index in [4.69, 9.17) is 11.6 Å². The van der Waals surface area contributed by atoms with Gasteiger partial charge in [-0.25, -0.2) is 4.39 Å². The molecule has 0 amide bonds. The van der Waals surface area contributed by atoms with E-state index in [1.54, 1.807) is 6.07 Å². The Kier molecular flexibility index (Phi) is 3.79. The lowest BCUT2D eigenvalue weighted by atomic mass is 10.0. The van der Waals surface area contributed by atoms with E-state index in [1.807, 2.05) is 4.90 Å². The van der Waals surface area contributed by atoms with Crippen LogP contribution in [0.5, 0.6) is 0 Å². The Balaban J connectivity index is 1.97. The molecule has 0 aromatic heterocycles. The Hall–Kier alpha value is -0.850. The molecule has 18 heavy (non-hydrogen) atoms. The van der Waals surface area contributed by atoms with Crippen molar-refractivity contribution in [1.29, 1.82) is 0 Å². The third-order valence-electron chi connectivity index (χ3n) is 2.86. The summed E-state index contributed by atoms with van der Waals surface area (Å²) in [6, 6.07) is 4.27. The van der Waals surface area contributed by atoms with Gasteiger partial charge in [0.25, 0.3) is 10.1 Å². The summed E-state index contributed by atoms with van der Waals surface area (Å²) >= 11 is 5.76. The van der Waals surface area contributed by atoms with Gasteiger partial charge in [-0.3, -0.25) is 4.18 Å². The zero-order chi connectivity index (χ0) is 13.3. The van der Waals surface area contributed by atoms with Gasteiger partial charge in [-0.2, -0.15) is 8.42 Å². The van der Waals surface area contributed by atoms with Gasteiger partial charge in [0.15, 0.2) is 0 Å². The van der Waals surface area contributed by atoms with E-state index >= 15 is 0 Å². The lowest BCUT2D eigenvalue weighted by molar-refractivity contribution is 0.373. The molecule has 1 aliphatic heterocycles. The Bertz CT molecular complexity index is 523. The molecular formula is C11H13ClFNO3S. The van der Waals surface area contributed by atoms with Crippen LogP contribution in [0.3, 0.4) is 0 Å². The van der Waals surface area contributed by atoms with E-state index in [9.17, 15) is 12.8 Å². The van der Waals surface area contributed by atoms with Gasteiger partial charge < -0.3 is 4.90 Å². The summed E-state index contributed by atoms with van der Waals surface area (Å²) in [6.45, 7) is 1.12. The fraction of sp³-hybridized carbons (Fsp3) is 0.455. The Labute approximate surface area is 110 Å². The molecule has 1 heterocycles. The van der Waals surface area contributed by atoms with Crippen LogP contribution in [0.2, 0.25) is 5.02 Å². The van der Waals surface area contributed by atoms with Crippen LogP contribution in [0.4, 0.5) is 10.1 Å². The van der Waals surface area contributed by atoms with E-state index in [1.165, 1.54) is 12.1 Å². The van der Waals surface area contributed by atoms with Gasteiger partial charge in [-0.05, 0) is 18.2 Å². The quantitative estimate of drug-likeness (QED) is 0.796. The molecule has 0 saturated carbocycles. The Morgan fingerprint density at radius 2 is 2.11 bits per heavy atom. The molecule has 4 nitrogen and oxygen atoms in total. The maximum atomic E-state index is 13.1. The van der Waals surface area contributed by atoms with Crippen molar-refractivity contribution >= 4 is 27.4 Å². The first kappa shape index (κ1) is 13.6. The van der Waals surface area contributed by atoms with Crippen LogP contribution in [-0.4, -0.2) is 34.4 Å². The molecule has 1 aliphatic rings. The van der Waals surface area contributed by atoms with E-state index in [2.05, 4.69) is 4.18 Å². The highest BCUT2D eigenvalue weighted by Crippen LogP contribution is 2.28. The second-order valence-electron chi connectivity index (χ2n) is 4.29. The topological polar surface area (TPSA) is 46.6 Å². The minimum atomic E-state index is -3.43. The highest BCUT2D eigenvalue weighted by atomic mass is 35.5. The average Bonchev–Trinajstić information content (AvgIpc) is 2.21. The summed E-state index contributed by atoms with van der Waals surface area (Å²) < 4.78 is 40.0. The Morgan fingerprint density at radius 1 is 1.44 bits per heavy atom. The molecule has 1 aromatic carbocycles. The molecule has 7 heteroatoms. The van der Waals surface area contributed by atoms with Crippen LogP contribution in [0, 0.1) is 11.7 Å². The van der Waals surface area contributed by atoms with Crippen molar-refractivity contribution in [3.05, 3.63) is 29.0 Å². The fourth-order valence-corrected chi connectivity index (χ4v) is 3.10. The highest BCUT2D eigenvalue weighted by Gasteiger charge is 2.31. The van der Waals surface area contributed by atoms with E-state index < -0.39 is 15.9 Å². The van der Waals surface area contributed by atoms with Gasteiger partial charge in [-0.15, -0.1) is 0 Å². The van der Waals surface area contributed by atoms with E-state index in [0.717, 1.165) is 7.11 Å². The van der Waals surface area contributed by atoms with Gasteiger partial charge in [-0.1, -0.05) is 11.6 Å². The normalized spacial score (nSPS) is 16.7. The summed E-state index contributed by atoms with van der Waals surface area (Å²) in [4.78, 5) is 1.88. The first-order chi connectivity index (χ1) is 8.39. The molecule has 0 radical (unpaired) electrons. The number of halogens is 2. The van der Waals surface area contributed by atoms with Crippen LogP contribution in [0.15, 0.2) is 18.2 Å². The summed E-state index contributed by atoms with van der Waals surface area (Å²) in [5, 5.41) is 0.331. The van der Waals surface area contributed by atoms with Gasteiger partial charge in [0.05, 0.1) is 12.9 Å². The van der Waals surface area contributed by atoms with Crippen molar-refractivity contribution in [2.24, 2.45) is 5.92 Å². The van der Waals surface area contributed by atoms with Gasteiger partial charge in [0, 0.05) is 29.7 Å². The molecular weight excluding hydrogens is 281 g/mol. The SMILES string of the molecule is COS(=O)(=O)CC1CN(c2cc(F)cc(Cl)c2)C1. The third kappa shape index (κ3) is 3.13. The molecule has 0 N–H and O–H groups in total. The second kappa shape index (κ2) is 5.03. The number of anilines is 1. The molecule has 1 fully saturated rings. The average molecular weight is 294 g/mol. The van der Waals surface area contributed by atoms with Crippen LogP contribution in [0.1, 0.15) is 0 Å². The number of hydrogen-bond acceptors (Lipinski definition) is 4. The number of rotatable bonds is 4. The molecule has 100 valence electrons. The van der Waals surface area contributed by atoms with Gasteiger partial charge in [0.1, 0.15) is 5.82 Å². The summed E-state index contributed by atoms with van der Waals surface area (Å²) in [6.07, 6.45) is 0. The van der Waals surface area contributed by atoms with Crippen molar-refractivity contribution < 1.29 is 17.0 Å². The summed E-state index contributed by atoms with van der Waals surface area (Å²) in [7, 11) is -2.28. The monoisotopic (exact) mass is 293 g/mol. The maximum Gasteiger partial charge on any atom is 0.267 e. The lowest BCUT2D eigenvalue weighted by Gasteiger charge is -2.40. The fourth-order valence-electron chi connectivity index (χ4n) is 1.96. The second-order valence-corrected chi connectivity index (χ2v) is 6.51. The minimum Gasteiger partial charge on any atom is -0.371 e. The van der Waals surface area contributed by atoms with Crippen LogP contribution >= 0.6 is 11.6 Å². The standard InChI is InChI=1S/C11H13ClFNO3S/c1-17-18(15,16)7-8-5-14(6-8)11-3-9(12)2-10(13)4-11/h2-4,8H,5-7H2,1H3. The zero-order valence-electron chi connectivity index (χ0n) is 9.77.